The SMILES string of the molecule is COc1ccc2nc(N3CCOCC3)c(-c3cc(-c4cccc(O)c4)[nH]c(=O)c3C#N)cc2c1. The Bertz CT molecular complexity index is 1480. The van der Waals surface area contributed by atoms with Crippen molar-refractivity contribution in [3.8, 4) is 40.0 Å². The maximum atomic E-state index is 13.0. The van der Waals surface area contributed by atoms with Gasteiger partial charge in [-0.3, -0.25) is 4.79 Å². The third-order valence-electron chi connectivity index (χ3n) is 5.90. The summed E-state index contributed by atoms with van der Waals surface area (Å²) >= 11 is 0. The lowest BCUT2D eigenvalue weighted by atomic mass is 9.97. The second-order valence-corrected chi connectivity index (χ2v) is 7.98. The number of anilines is 1. The Morgan fingerprint density at radius 1 is 1.12 bits per heavy atom. The highest BCUT2D eigenvalue weighted by Gasteiger charge is 2.22. The van der Waals surface area contributed by atoms with Gasteiger partial charge in [-0.25, -0.2) is 4.98 Å². The molecule has 1 aliphatic rings. The molecule has 3 heterocycles. The largest absolute Gasteiger partial charge is 0.508 e. The van der Waals surface area contributed by atoms with Crippen LogP contribution in [0.4, 0.5) is 5.82 Å². The Morgan fingerprint density at radius 3 is 2.68 bits per heavy atom. The molecule has 2 aromatic carbocycles. The molecule has 0 spiro atoms. The van der Waals surface area contributed by atoms with Crippen LogP contribution in [0.5, 0.6) is 11.5 Å². The summed E-state index contributed by atoms with van der Waals surface area (Å²) < 4.78 is 10.9. The number of morpholine rings is 1. The molecule has 34 heavy (non-hydrogen) atoms. The molecular formula is C26H22N4O4. The third kappa shape index (κ3) is 3.93. The number of fused-ring (bicyclic) bond motifs is 1. The van der Waals surface area contributed by atoms with Crippen molar-refractivity contribution in [2.75, 3.05) is 38.3 Å². The van der Waals surface area contributed by atoms with Crippen LogP contribution in [0, 0.1) is 11.3 Å². The lowest BCUT2D eigenvalue weighted by molar-refractivity contribution is 0.122. The number of ether oxygens (including phenoxy) is 2. The molecule has 0 radical (unpaired) electrons. The van der Waals surface area contributed by atoms with Gasteiger partial charge in [-0.15, -0.1) is 0 Å². The van der Waals surface area contributed by atoms with Crippen LogP contribution in [-0.2, 0) is 4.74 Å². The number of hydrogen-bond acceptors (Lipinski definition) is 7. The first kappa shape index (κ1) is 21.5. The van der Waals surface area contributed by atoms with Gasteiger partial charge in [0.05, 0.1) is 25.8 Å². The number of phenolic OH excluding ortho intramolecular Hbond substituents is 1. The first-order chi connectivity index (χ1) is 16.6. The van der Waals surface area contributed by atoms with E-state index in [9.17, 15) is 15.2 Å². The zero-order valence-electron chi connectivity index (χ0n) is 18.5. The van der Waals surface area contributed by atoms with E-state index < -0.39 is 5.56 Å². The van der Waals surface area contributed by atoms with Crippen molar-refractivity contribution < 1.29 is 14.6 Å². The smallest absolute Gasteiger partial charge is 0.266 e. The Balaban J connectivity index is 1.79. The van der Waals surface area contributed by atoms with E-state index in [1.807, 2.05) is 24.3 Å². The molecule has 0 bridgehead atoms. The van der Waals surface area contributed by atoms with Gasteiger partial charge in [0.15, 0.2) is 0 Å². The fraction of sp³-hybridized carbons (Fsp3) is 0.192. The standard InChI is InChI=1S/C26H22N4O4/c1-33-19-5-6-23-17(12-19)13-21(25(28-23)30-7-9-34-10-8-30)20-14-24(29-26(32)22(20)15-27)16-3-2-4-18(31)11-16/h2-6,11-14,31H,7-10H2,1H3,(H,29,32). The molecule has 170 valence electrons. The molecule has 0 atom stereocenters. The number of phenols is 1. The number of aromatic amines is 1. The molecule has 8 nitrogen and oxygen atoms in total. The molecule has 2 aromatic heterocycles. The summed E-state index contributed by atoms with van der Waals surface area (Å²) in [6.07, 6.45) is 0. The van der Waals surface area contributed by atoms with Crippen molar-refractivity contribution in [3.05, 3.63) is 70.5 Å². The highest BCUT2D eigenvalue weighted by molar-refractivity contribution is 5.92. The van der Waals surface area contributed by atoms with Crippen molar-refractivity contribution in [2.24, 2.45) is 0 Å². The Hall–Kier alpha value is -4.35. The van der Waals surface area contributed by atoms with E-state index in [0.29, 0.717) is 60.3 Å². The molecule has 5 rings (SSSR count). The van der Waals surface area contributed by atoms with Crippen molar-refractivity contribution in [2.45, 2.75) is 0 Å². The van der Waals surface area contributed by atoms with Gasteiger partial charge in [-0.05, 0) is 42.5 Å². The number of nitriles is 1. The maximum Gasteiger partial charge on any atom is 0.266 e. The number of nitrogens with zero attached hydrogens (tertiary/aromatic N) is 3. The quantitative estimate of drug-likeness (QED) is 0.484. The predicted molar refractivity (Wildman–Crippen MR) is 129 cm³/mol. The minimum atomic E-state index is -0.503. The number of nitrogens with one attached hydrogen (secondary N) is 1. The lowest BCUT2D eigenvalue weighted by Gasteiger charge is -2.30. The van der Waals surface area contributed by atoms with Crippen LogP contribution in [0.2, 0.25) is 0 Å². The molecule has 0 aliphatic carbocycles. The Kier molecular flexibility index (Phi) is 5.62. The third-order valence-corrected chi connectivity index (χ3v) is 5.90. The van der Waals surface area contributed by atoms with Crippen LogP contribution < -0.4 is 15.2 Å². The van der Waals surface area contributed by atoms with Crippen LogP contribution in [0.1, 0.15) is 5.56 Å². The highest BCUT2D eigenvalue weighted by atomic mass is 16.5. The topological polar surface area (TPSA) is 111 Å². The molecule has 0 amide bonds. The average molecular weight is 454 g/mol. The van der Waals surface area contributed by atoms with E-state index in [-0.39, 0.29) is 11.3 Å². The van der Waals surface area contributed by atoms with Gasteiger partial charge in [-0.1, -0.05) is 12.1 Å². The molecule has 1 aliphatic heterocycles. The van der Waals surface area contributed by atoms with Crippen molar-refractivity contribution in [1.29, 1.82) is 5.26 Å². The van der Waals surface area contributed by atoms with Gasteiger partial charge >= 0.3 is 0 Å². The van der Waals surface area contributed by atoms with Gasteiger partial charge in [0.1, 0.15) is 28.9 Å². The predicted octanol–water partition coefficient (Wildman–Crippen LogP) is 3.68. The van der Waals surface area contributed by atoms with E-state index in [2.05, 4.69) is 16.0 Å². The van der Waals surface area contributed by atoms with Gasteiger partial charge in [-0.2, -0.15) is 5.26 Å². The highest BCUT2D eigenvalue weighted by Crippen LogP contribution is 2.36. The number of methoxy groups -OCH3 is 1. The number of aromatic hydroxyl groups is 1. The number of H-pyrrole nitrogens is 1. The van der Waals surface area contributed by atoms with Gasteiger partial charge in [0.25, 0.3) is 5.56 Å². The number of rotatable bonds is 4. The van der Waals surface area contributed by atoms with E-state index >= 15 is 0 Å². The first-order valence-electron chi connectivity index (χ1n) is 10.9. The maximum absolute atomic E-state index is 13.0. The van der Waals surface area contributed by atoms with Crippen LogP contribution in [-0.4, -0.2) is 48.5 Å². The number of pyridine rings is 2. The lowest BCUT2D eigenvalue weighted by Crippen LogP contribution is -2.37. The summed E-state index contributed by atoms with van der Waals surface area (Å²) in [7, 11) is 1.60. The van der Waals surface area contributed by atoms with Crippen molar-refractivity contribution in [3.63, 3.8) is 0 Å². The summed E-state index contributed by atoms with van der Waals surface area (Å²) in [5.41, 5.74) is 2.55. The number of hydrogen-bond donors (Lipinski definition) is 2. The minimum absolute atomic E-state index is 0.00228. The minimum Gasteiger partial charge on any atom is -0.508 e. The normalized spacial score (nSPS) is 13.6. The molecule has 8 heteroatoms. The van der Waals surface area contributed by atoms with Crippen LogP contribution in [0.15, 0.2) is 59.4 Å². The summed E-state index contributed by atoms with van der Waals surface area (Å²) in [4.78, 5) is 22.8. The van der Waals surface area contributed by atoms with Crippen LogP contribution >= 0.6 is 0 Å². The molecule has 1 saturated heterocycles. The molecular weight excluding hydrogens is 432 g/mol. The molecule has 2 N–H and O–H groups in total. The van der Waals surface area contributed by atoms with E-state index in [0.717, 1.165) is 10.9 Å². The van der Waals surface area contributed by atoms with E-state index in [1.54, 1.807) is 37.4 Å². The molecule has 0 unspecified atom stereocenters. The fourth-order valence-electron chi connectivity index (χ4n) is 4.20. The Labute approximate surface area is 195 Å². The first-order valence-corrected chi connectivity index (χ1v) is 10.9. The molecule has 4 aromatic rings. The van der Waals surface area contributed by atoms with Crippen molar-refractivity contribution >= 4 is 16.7 Å². The summed E-state index contributed by atoms with van der Waals surface area (Å²) in [6, 6.07) is 18.0. The molecule has 1 fully saturated rings. The number of benzene rings is 2. The van der Waals surface area contributed by atoms with Gasteiger partial charge < -0.3 is 24.5 Å². The molecule has 0 saturated carbocycles. The van der Waals surface area contributed by atoms with E-state index in [4.69, 9.17) is 14.5 Å². The zero-order valence-corrected chi connectivity index (χ0v) is 18.5. The monoisotopic (exact) mass is 454 g/mol. The summed E-state index contributed by atoms with van der Waals surface area (Å²) in [5.74, 6) is 1.45. The zero-order chi connectivity index (χ0) is 23.7. The number of aromatic nitrogens is 2. The van der Waals surface area contributed by atoms with Crippen molar-refractivity contribution in [1.82, 2.24) is 9.97 Å². The van der Waals surface area contributed by atoms with Crippen LogP contribution in [0.25, 0.3) is 33.3 Å². The second-order valence-electron chi connectivity index (χ2n) is 7.98. The summed E-state index contributed by atoms with van der Waals surface area (Å²) in [6.45, 7) is 2.42. The summed E-state index contributed by atoms with van der Waals surface area (Å²) in [5, 5.41) is 20.6. The van der Waals surface area contributed by atoms with Gasteiger partial charge in [0.2, 0.25) is 0 Å². The average Bonchev–Trinajstić information content (AvgIpc) is 2.87. The van der Waals surface area contributed by atoms with E-state index in [1.165, 1.54) is 0 Å². The van der Waals surface area contributed by atoms with Gasteiger partial charge in [0, 0.05) is 40.9 Å². The van der Waals surface area contributed by atoms with Crippen LogP contribution in [0.3, 0.4) is 0 Å². The Morgan fingerprint density at radius 2 is 1.94 bits per heavy atom. The fourth-order valence-corrected chi connectivity index (χ4v) is 4.20. The second kappa shape index (κ2) is 8.89.